The molecule has 2 N–H and O–H groups in total. The molecule has 4 rings (SSSR count). The number of rotatable bonds is 1. The Labute approximate surface area is 125 Å². The quantitative estimate of drug-likeness (QED) is 0.790. The SMILES string of the molecule is O=C1NCc2c(cccc2N2C(=O)c3ccccc3C2=O)N1. The van der Waals surface area contributed by atoms with Gasteiger partial charge >= 0.3 is 6.03 Å². The number of carbonyl (C=O) groups is 3. The number of fused-ring (bicyclic) bond motifs is 2. The van der Waals surface area contributed by atoms with E-state index >= 15 is 0 Å². The molecule has 0 fully saturated rings. The zero-order valence-electron chi connectivity index (χ0n) is 11.4. The van der Waals surface area contributed by atoms with Crippen molar-refractivity contribution in [2.75, 3.05) is 10.2 Å². The third-order valence-corrected chi connectivity index (χ3v) is 3.86. The second kappa shape index (κ2) is 4.42. The van der Waals surface area contributed by atoms with Crippen LogP contribution in [0.3, 0.4) is 0 Å². The van der Waals surface area contributed by atoms with Crippen molar-refractivity contribution in [1.82, 2.24) is 5.32 Å². The van der Waals surface area contributed by atoms with Crippen LogP contribution < -0.4 is 15.5 Å². The van der Waals surface area contributed by atoms with E-state index in [-0.39, 0.29) is 24.4 Å². The van der Waals surface area contributed by atoms with Crippen LogP contribution in [-0.4, -0.2) is 17.8 Å². The molecule has 0 aliphatic carbocycles. The summed E-state index contributed by atoms with van der Waals surface area (Å²) in [6.07, 6.45) is 0. The first-order valence-corrected chi connectivity index (χ1v) is 6.81. The molecule has 6 nitrogen and oxygen atoms in total. The van der Waals surface area contributed by atoms with E-state index in [1.165, 1.54) is 4.90 Å². The maximum absolute atomic E-state index is 12.6. The van der Waals surface area contributed by atoms with Gasteiger partial charge in [-0.25, -0.2) is 9.69 Å². The van der Waals surface area contributed by atoms with Crippen molar-refractivity contribution < 1.29 is 14.4 Å². The van der Waals surface area contributed by atoms with Gasteiger partial charge in [0, 0.05) is 17.8 Å². The number of hydrogen-bond acceptors (Lipinski definition) is 3. The summed E-state index contributed by atoms with van der Waals surface area (Å²) >= 11 is 0. The monoisotopic (exact) mass is 293 g/mol. The van der Waals surface area contributed by atoms with E-state index in [1.807, 2.05) is 0 Å². The normalized spacial score (nSPS) is 16.0. The highest BCUT2D eigenvalue weighted by Gasteiger charge is 2.38. The molecule has 2 aliphatic heterocycles. The summed E-state index contributed by atoms with van der Waals surface area (Å²) in [5, 5.41) is 5.33. The van der Waals surface area contributed by atoms with Crippen molar-refractivity contribution in [2.24, 2.45) is 0 Å². The van der Waals surface area contributed by atoms with Crippen LogP contribution in [0.2, 0.25) is 0 Å². The molecule has 0 radical (unpaired) electrons. The first-order chi connectivity index (χ1) is 10.7. The molecule has 0 spiro atoms. The maximum Gasteiger partial charge on any atom is 0.319 e. The third-order valence-electron chi connectivity index (χ3n) is 3.86. The number of carbonyl (C=O) groups excluding carboxylic acids is 3. The van der Waals surface area contributed by atoms with E-state index in [0.717, 1.165) is 5.56 Å². The predicted molar refractivity (Wildman–Crippen MR) is 79.9 cm³/mol. The minimum absolute atomic E-state index is 0.269. The van der Waals surface area contributed by atoms with Crippen LogP contribution in [-0.2, 0) is 6.54 Å². The molecule has 6 heteroatoms. The summed E-state index contributed by atoms with van der Waals surface area (Å²) in [5.41, 5.74) is 2.63. The highest BCUT2D eigenvalue weighted by atomic mass is 16.2. The summed E-state index contributed by atoms with van der Waals surface area (Å²) in [5.74, 6) is -0.684. The Balaban J connectivity index is 1.85. The molecule has 2 aliphatic rings. The van der Waals surface area contributed by atoms with Gasteiger partial charge in [-0.15, -0.1) is 0 Å². The number of nitrogens with one attached hydrogen (secondary N) is 2. The number of anilines is 2. The van der Waals surface area contributed by atoms with Gasteiger partial charge in [0.25, 0.3) is 11.8 Å². The summed E-state index contributed by atoms with van der Waals surface area (Å²) in [6.45, 7) is 0.269. The molecule has 2 aromatic rings. The van der Waals surface area contributed by atoms with E-state index in [2.05, 4.69) is 10.6 Å². The molecule has 0 saturated heterocycles. The first kappa shape index (κ1) is 12.6. The highest BCUT2D eigenvalue weighted by Crippen LogP contribution is 2.34. The number of nitrogens with zero attached hydrogens (tertiary/aromatic N) is 1. The molecular weight excluding hydrogens is 282 g/mol. The average Bonchev–Trinajstić information content (AvgIpc) is 2.78. The van der Waals surface area contributed by atoms with Crippen LogP contribution in [0.4, 0.5) is 16.2 Å². The van der Waals surface area contributed by atoms with Crippen molar-refractivity contribution in [3.05, 3.63) is 59.2 Å². The second-order valence-electron chi connectivity index (χ2n) is 5.10. The van der Waals surface area contributed by atoms with E-state index in [1.54, 1.807) is 42.5 Å². The largest absolute Gasteiger partial charge is 0.334 e. The molecule has 0 saturated carbocycles. The number of amides is 4. The van der Waals surface area contributed by atoms with E-state index in [9.17, 15) is 14.4 Å². The minimum Gasteiger partial charge on any atom is -0.334 e. The van der Waals surface area contributed by atoms with Crippen LogP contribution in [0.25, 0.3) is 0 Å². The van der Waals surface area contributed by atoms with Crippen LogP contribution in [0.5, 0.6) is 0 Å². The third kappa shape index (κ3) is 1.64. The summed E-state index contributed by atoms with van der Waals surface area (Å²) < 4.78 is 0. The van der Waals surface area contributed by atoms with Gasteiger partial charge in [0.1, 0.15) is 0 Å². The van der Waals surface area contributed by atoms with Gasteiger partial charge in [-0.05, 0) is 24.3 Å². The van der Waals surface area contributed by atoms with Crippen molar-refractivity contribution in [3.8, 4) is 0 Å². The molecule has 0 unspecified atom stereocenters. The Morgan fingerprint density at radius 3 is 2.23 bits per heavy atom. The Hall–Kier alpha value is -3.15. The predicted octanol–water partition coefficient (Wildman–Crippen LogP) is 2.12. The molecule has 0 aromatic heterocycles. The topological polar surface area (TPSA) is 78.5 Å². The summed E-state index contributed by atoms with van der Waals surface area (Å²) in [6, 6.07) is 11.6. The fourth-order valence-corrected chi connectivity index (χ4v) is 2.83. The molecule has 2 heterocycles. The van der Waals surface area contributed by atoms with E-state index in [4.69, 9.17) is 0 Å². The molecule has 0 bridgehead atoms. The second-order valence-corrected chi connectivity index (χ2v) is 5.10. The minimum atomic E-state index is -0.342. The lowest BCUT2D eigenvalue weighted by atomic mass is 10.1. The van der Waals surface area contributed by atoms with E-state index < -0.39 is 0 Å². The van der Waals surface area contributed by atoms with Gasteiger partial charge in [-0.2, -0.15) is 0 Å². The summed E-state index contributed by atoms with van der Waals surface area (Å²) in [4.78, 5) is 37.7. The Morgan fingerprint density at radius 2 is 1.55 bits per heavy atom. The smallest absolute Gasteiger partial charge is 0.319 e. The molecule has 0 atom stereocenters. The van der Waals surface area contributed by atoms with Crippen molar-refractivity contribution in [1.29, 1.82) is 0 Å². The van der Waals surface area contributed by atoms with Gasteiger partial charge in [0.05, 0.1) is 16.8 Å². The number of hydrogen-bond donors (Lipinski definition) is 2. The molecular formula is C16H11N3O3. The van der Waals surface area contributed by atoms with Crippen molar-refractivity contribution >= 4 is 29.2 Å². The lowest BCUT2D eigenvalue weighted by Crippen LogP contribution is -2.36. The van der Waals surface area contributed by atoms with Crippen LogP contribution in [0, 0.1) is 0 Å². The number of benzene rings is 2. The van der Waals surface area contributed by atoms with Gasteiger partial charge in [0.2, 0.25) is 0 Å². The highest BCUT2D eigenvalue weighted by molar-refractivity contribution is 6.34. The lowest BCUT2D eigenvalue weighted by Gasteiger charge is -2.24. The fourth-order valence-electron chi connectivity index (χ4n) is 2.83. The molecule has 4 amide bonds. The van der Waals surface area contributed by atoms with Gasteiger partial charge < -0.3 is 10.6 Å². The Bertz CT molecular complexity index is 809. The Morgan fingerprint density at radius 1 is 0.864 bits per heavy atom. The Kier molecular flexibility index (Phi) is 2.53. The van der Waals surface area contributed by atoms with Crippen LogP contribution in [0.1, 0.15) is 26.3 Å². The number of imide groups is 1. The van der Waals surface area contributed by atoms with E-state index in [0.29, 0.717) is 22.5 Å². The van der Waals surface area contributed by atoms with Gasteiger partial charge in [-0.3, -0.25) is 9.59 Å². The van der Waals surface area contributed by atoms with Gasteiger partial charge in [-0.1, -0.05) is 18.2 Å². The fraction of sp³-hybridized carbons (Fsp3) is 0.0625. The average molecular weight is 293 g/mol. The zero-order chi connectivity index (χ0) is 15.3. The lowest BCUT2D eigenvalue weighted by molar-refractivity contribution is 0.0926. The van der Waals surface area contributed by atoms with Crippen molar-refractivity contribution in [3.63, 3.8) is 0 Å². The van der Waals surface area contributed by atoms with Crippen LogP contribution >= 0.6 is 0 Å². The number of urea groups is 1. The molecule has 108 valence electrons. The first-order valence-electron chi connectivity index (χ1n) is 6.81. The van der Waals surface area contributed by atoms with Gasteiger partial charge in [0.15, 0.2) is 0 Å². The molecule has 22 heavy (non-hydrogen) atoms. The summed E-state index contributed by atoms with van der Waals surface area (Å²) in [7, 11) is 0. The standard InChI is InChI=1S/C16H11N3O3/c20-14-9-4-1-2-5-10(9)15(21)19(14)13-7-3-6-12-11(13)8-17-16(22)18-12/h1-7H,8H2,(H2,17,18,22). The van der Waals surface area contributed by atoms with Crippen molar-refractivity contribution in [2.45, 2.75) is 6.54 Å². The van der Waals surface area contributed by atoms with Crippen LogP contribution in [0.15, 0.2) is 42.5 Å². The molecule has 2 aromatic carbocycles. The maximum atomic E-state index is 12.6. The zero-order valence-corrected chi connectivity index (χ0v) is 11.4.